The van der Waals surface area contributed by atoms with Crippen LogP contribution in [-0.4, -0.2) is 30.4 Å². The second-order valence-corrected chi connectivity index (χ2v) is 5.18. The third-order valence-corrected chi connectivity index (χ3v) is 3.25. The van der Waals surface area contributed by atoms with E-state index in [4.69, 9.17) is 14.3 Å². The van der Waals surface area contributed by atoms with Gasteiger partial charge in [-0.05, 0) is 32.9 Å². The van der Waals surface area contributed by atoms with Crippen molar-refractivity contribution in [2.24, 2.45) is 0 Å². The second-order valence-electron chi connectivity index (χ2n) is 5.18. The number of hydrogen-bond acceptors (Lipinski definition) is 4. The molecular weight excluding hydrogens is 284 g/mol. The number of aliphatic hydroxyl groups is 1. The minimum absolute atomic E-state index is 0.107. The van der Waals surface area contributed by atoms with Crippen LogP contribution in [0.2, 0.25) is 0 Å². The number of nitrogens with one attached hydrogen (secondary N) is 2. The summed E-state index contributed by atoms with van der Waals surface area (Å²) in [5.74, 6) is 1.34. The number of carbonyl (C=O) groups excluding carboxylic acids is 1. The van der Waals surface area contributed by atoms with E-state index in [1.807, 2.05) is 38.1 Å². The van der Waals surface area contributed by atoms with Crippen molar-refractivity contribution in [2.45, 2.75) is 32.9 Å². The number of hydrogen-bond donors (Lipinski definition) is 3. The number of rotatable bonds is 6. The predicted octanol–water partition coefficient (Wildman–Crippen LogP) is 2.57. The fourth-order valence-electron chi connectivity index (χ4n) is 2.12. The van der Waals surface area contributed by atoms with E-state index in [2.05, 4.69) is 10.6 Å². The Bertz CT molecular complexity index is 638. The fourth-order valence-corrected chi connectivity index (χ4v) is 2.12. The SMILES string of the molecule is CCOc1cccc2cc(C(C)NC(=O)NC(C)CO)oc12. The molecule has 0 aliphatic heterocycles. The maximum Gasteiger partial charge on any atom is 0.315 e. The maximum atomic E-state index is 11.8. The first-order valence-electron chi connectivity index (χ1n) is 7.38. The standard InChI is InChI=1S/C16H22N2O4/c1-4-21-13-7-5-6-12-8-14(22-15(12)13)11(3)18-16(20)17-10(2)9-19/h5-8,10-11,19H,4,9H2,1-3H3,(H2,17,18,20). The summed E-state index contributed by atoms with van der Waals surface area (Å²) in [6.45, 7) is 5.93. The zero-order valence-electron chi connectivity index (χ0n) is 13.1. The molecule has 120 valence electrons. The van der Waals surface area contributed by atoms with Crippen LogP contribution in [-0.2, 0) is 0 Å². The van der Waals surface area contributed by atoms with Gasteiger partial charge >= 0.3 is 6.03 Å². The molecule has 0 bridgehead atoms. The van der Waals surface area contributed by atoms with Crippen molar-refractivity contribution in [1.82, 2.24) is 10.6 Å². The Morgan fingerprint density at radius 1 is 1.36 bits per heavy atom. The van der Waals surface area contributed by atoms with Crippen LogP contribution in [0.25, 0.3) is 11.0 Å². The molecule has 2 amide bonds. The van der Waals surface area contributed by atoms with Crippen molar-refractivity contribution in [2.75, 3.05) is 13.2 Å². The number of urea groups is 1. The highest BCUT2D eigenvalue weighted by molar-refractivity contribution is 5.84. The van der Waals surface area contributed by atoms with Gasteiger partial charge in [0.25, 0.3) is 0 Å². The molecule has 6 heteroatoms. The van der Waals surface area contributed by atoms with Crippen LogP contribution in [0.4, 0.5) is 4.79 Å². The minimum Gasteiger partial charge on any atom is -0.490 e. The van der Waals surface area contributed by atoms with Crippen LogP contribution >= 0.6 is 0 Å². The van der Waals surface area contributed by atoms with Crippen molar-refractivity contribution in [3.05, 3.63) is 30.0 Å². The van der Waals surface area contributed by atoms with Crippen molar-refractivity contribution >= 4 is 17.0 Å². The van der Waals surface area contributed by atoms with Gasteiger partial charge in [-0.15, -0.1) is 0 Å². The molecule has 6 nitrogen and oxygen atoms in total. The van der Waals surface area contributed by atoms with Gasteiger partial charge in [-0.3, -0.25) is 0 Å². The quantitative estimate of drug-likeness (QED) is 0.766. The first kappa shape index (κ1) is 16.2. The molecule has 0 saturated carbocycles. The third kappa shape index (κ3) is 3.71. The lowest BCUT2D eigenvalue weighted by Crippen LogP contribution is -2.43. The fraction of sp³-hybridized carbons (Fsp3) is 0.438. The molecule has 0 saturated heterocycles. The topological polar surface area (TPSA) is 83.7 Å². The summed E-state index contributed by atoms with van der Waals surface area (Å²) in [4.78, 5) is 11.8. The third-order valence-electron chi connectivity index (χ3n) is 3.25. The van der Waals surface area contributed by atoms with E-state index in [-0.39, 0.29) is 24.7 Å². The van der Waals surface area contributed by atoms with E-state index in [1.165, 1.54) is 0 Å². The second kappa shape index (κ2) is 7.17. The Labute approximate surface area is 129 Å². The Morgan fingerprint density at radius 3 is 2.82 bits per heavy atom. The molecule has 1 aromatic heterocycles. The number of benzene rings is 1. The van der Waals surface area contributed by atoms with Crippen molar-refractivity contribution in [3.63, 3.8) is 0 Å². The van der Waals surface area contributed by atoms with Gasteiger partial charge in [0.15, 0.2) is 11.3 Å². The van der Waals surface area contributed by atoms with E-state index >= 15 is 0 Å². The van der Waals surface area contributed by atoms with Crippen molar-refractivity contribution in [3.8, 4) is 5.75 Å². The first-order valence-corrected chi connectivity index (χ1v) is 7.38. The summed E-state index contributed by atoms with van der Waals surface area (Å²) in [6, 6.07) is 6.64. The van der Waals surface area contributed by atoms with E-state index in [0.717, 1.165) is 5.39 Å². The van der Waals surface area contributed by atoms with E-state index < -0.39 is 0 Å². The summed E-state index contributed by atoms with van der Waals surface area (Å²) in [5, 5.41) is 15.3. The van der Waals surface area contributed by atoms with Crippen LogP contribution in [0.15, 0.2) is 28.7 Å². The molecule has 0 aliphatic carbocycles. The van der Waals surface area contributed by atoms with Crippen LogP contribution < -0.4 is 15.4 Å². The molecule has 3 N–H and O–H groups in total. The maximum absolute atomic E-state index is 11.8. The smallest absolute Gasteiger partial charge is 0.315 e. The van der Waals surface area contributed by atoms with Crippen molar-refractivity contribution in [1.29, 1.82) is 0 Å². The Morgan fingerprint density at radius 2 is 2.14 bits per heavy atom. The highest BCUT2D eigenvalue weighted by Gasteiger charge is 2.16. The summed E-state index contributed by atoms with van der Waals surface area (Å²) in [6.07, 6.45) is 0. The summed E-state index contributed by atoms with van der Waals surface area (Å²) < 4.78 is 11.4. The van der Waals surface area contributed by atoms with Gasteiger partial charge in [0.2, 0.25) is 0 Å². The average molecular weight is 306 g/mol. The molecule has 0 radical (unpaired) electrons. The van der Waals surface area contributed by atoms with Gasteiger partial charge in [-0.1, -0.05) is 12.1 Å². The predicted molar refractivity (Wildman–Crippen MR) is 84.0 cm³/mol. The molecule has 22 heavy (non-hydrogen) atoms. The van der Waals surface area contributed by atoms with E-state index in [0.29, 0.717) is 23.7 Å². The van der Waals surface area contributed by atoms with Gasteiger partial charge < -0.3 is 24.9 Å². The summed E-state index contributed by atoms with van der Waals surface area (Å²) in [7, 11) is 0. The van der Waals surface area contributed by atoms with Gasteiger partial charge in [0, 0.05) is 5.39 Å². The van der Waals surface area contributed by atoms with E-state index in [1.54, 1.807) is 6.92 Å². The first-order chi connectivity index (χ1) is 10.5. The molecule has 2 atom stereocenters. The Kier molecular flexibility index (Phi) is 5.27. The normalized spacial score (nSPS) is 13.6. The molecule has 1 heterocycles. The Hall–Kier alpha value is -2.21. The molecule has 0 aliphatic rings. The lowest BCUT2D eigenvalue weighted by molar-refractivity contribution is 0.217. The average Bonchev–Trinajstić information content (AvgIpc) is 2.92. The van der Waals surface area contributed by atoms with Crippen LogP contribution in [0.5, 0.6) is 5.75 Å². The number of carbonyl (C=O) groups is 1. The Balaban J connectivity index is 2.13. The lowest BCUT2D eigenvalue weighted by atomic mass is 10.2. The number of aliphatic hydroxyl groups excluding tert-OH is 1. The molecule has 0 spiro atoms. The van der Waals surface area contributed by atoms with Crippen molar-refractivity contribution < 1.29 is 19.1 Å². The van der Waals surface area contributed by atoms with E-state index in [9.17, 15) is 4.79 Å². The number of para-hydroxylation sites is 1. The number of ether oxygens (including phenoxy) is 1. The van der Waals surface area contributed by atoms with Crippen LogP contribution in [0.1, 0.15) is 32.6 Å². The molecule has 2 unspecified atom stereocenters. The van der Waals surface area contributed by atoms with Gasteiger partial charge in [-0.2, -0.15) is 0 Å². The highest BCUT2D eigenvalue weighted by atomic mass is 16.5. The number of furan rings is 1. The molecular formula is C16H22N2O4. The zero-order chi connectivity index (χ0) is 16.1. The molecule has 1 aromatic carbocycles. The van der Waals surface area contributed by atoms with Crippen LogP contribution in [0.3, 0.4) is 0 Å². The monoisotopic (exact) mass is 306 g/mol. The molecule has 2 rings (SSSR count). The molecule has 0 fully saturated rings. The highest BCUT2D eigenvalue weighted by Crippen LogP contribution is 2.31. The van der Waals surface area contributed by atoms with Crippen LogP contribution in [0, 0.1) is 0 Å². The largest absolute Gasteiger partial charge is 0.490 e. The lowest BCUT2D eigenvalue weighted by Gasteiger charge is -2.15. The summed E-state index contributed by atoms with van der Waals surface area (Å²) >= 11 is 0. The number of fused-ring (bicyclic) bond motifs is 1. The van der Waals surface area contributed by atoms with Gasteiger partial charge in [-0.25, -0.2) is 4.79 Å². The minimum atomic E-state index is -0.348. The van der Waals surface area contributed by atoms with Gasteiger partial charge in [0.1, 0.15) is 5.76 Å². The number of amides is 2. The van der Waals surface area contributed by atoms with Gasteiger partial charge in [0.05, 0.1) is 25.3 Å². The molecule has 2 aromatic rings. The zero-order valence-corrected chi connectivity index (χ0v) is 13.1. The summed E-state index contributed by atoms with van der Waals surface area (Å²) in [5.41, 5.74) is 0.678.